The van der Waals surface area contributed by atoms with Crippen LogP contribution in [0.3, 0.4) is 0 Å². The van der Waals surface area contributed by atoms with E-state index in [2.05, 4.69) is 96.1 Å². The summed E-state index contributed by atoms with van der Waals surface area (Å²) in [5.41, 5.74) is 6.06. The van der Waals surface area contributed by atoms with Gasteiger partial charge in [0.1, 0.15) is 0 Å². The van der Waals surface area contributed by atoms with Crippen LogP contribution in [0.2, 0.25) is 0 Å². The van der Waals surface area contributed by atoms with Crippen LogP contribution in [0.25, 0.3) is 22.6 Å². The monoisotopic (exact) mass is 295 g/mol. The van der Waals surface area contributed by atoms with Crippen molar-refractivity contribution in [3.05, 3.63) is 108 Å². The number of hydrogen-bond acceptors (Lipinski definition) is 0. The fourth-order valence-corrected chi connectivity index (χ4v) is 2.94. The van der Waals surface area contributed by atoms with E-state index in [4.69, 9.17) is 0 Å². The molecule has 0 radical (unpaired) electrons. The van der Waals surface area contributed by atoms with Crippen LogP contribution in [-0.2, 0) is 0 Å². The number of hydrogen-bond donors (Lipinski definition) is 1. The number of aromatic nitrogens is 1. The topological polar surface area (TPSA) is 15.8 Å². The Morgan fingerprint density at radius 1 is 0.696 bits per heavy atom. The molecule has 23 heavy (non-hydrogen) atoms. The minimum Gasteiger partial charge on any atom is -0.361 e. The molecular formula is C22H17N. The molecule has 0 saturated heterocycles. The average molecular weight is 295 g/mol. The van der Waals surface area contributed by atoms with Crippen LogP contribution < -0.4 is 0 Å². The summed E-state index contributed by atoms with van der Waals surface area (Å²) in [6.07, 6.45) is 4.36. The maximum absolute atomic E-state index is 3.38. The van der Waals surface area contributed by atoms with Crippen molar-refractivity contribution in [3.63, 3.8) is 0 Å². The van der Waals surface area contributed by atoms with Crippen LogP contribution in [0.4, 0.5) is 0 Å². The van der Waals surface area contributed by atoms with E-state index in [9.17, 15) is 0 Å². The van der Waals surface area contributed by atoms with Crippen LogP contribution in [0.1, 0.15) is 16.7 Å². The number of H-pyrrole nitrogens is 1. The minimum atomic E-state index is 1.16. The standard InChI is InChI=1S/C22H17N/c1-3-9-17(10-4-1)15-20(18-11-5-2-6-12-18)21-16-23-22-14-8-7-13-19(21)22/h1-16,23H/b20-15-. The number of fused-ring (bicyclic) bond motifs is 1. The highest BCUT2D eigenvalue weighted by molar-refractivity contribution is 6.01. The highest BCUT2D eigenvalue weighted by Gasteiger charge is 2.10. The van der Waals surface area contributed by atoms with Crippen molar-refractivity contribution in [1.29, 1.82) is 0 Å². The van der Waals surface area contributed by atoms with Gasteiger partial charge < -0.3 is 4.98 Å². The van der Waals surface area contributed by atoms with Gasteiger partial charge in [0.25, 0.3) is 0 Å². The van der Waals surface area contributed by atoms with Crippen molar-refractivity contribution in [2.24, 2.45) is 0 Å². The summed E-state index contributed by atoms with van der Waals surface area (Å²) in [5, 5.41) is 1.25. The Morgan fingerprint density at radius 3 is 2.13 bits per heavy atom. The van der Waals surface area contributed by atoms with E-state index < -0.39 is 0 Å². The Kier molecular flexibility index (Phi) is 3.53. The van der Waals surface area contributed by atoms with Crippen molar-refractivity contribution in [3.8, 4) is 0 Å². The third-order valence-electron chi connectivity index (χ3n) is 4.07. The summed E-state index contributed by atoms with van der Waals surface area (Å²) >= 11 is 0. The molecule has 0 aliphatic carbocycles. The molecule has 0 spiro atoms. The van der Waals surface area contributed by atoms with Crippen molar-refractivity contribution in [2.75, 3.05) is 0 Å². The number of para-hydroxylation sites is 1. The molecule has 0 fully saturated rings. The summed E-state index contributed by atoms with van der Waals surface area (Å²) in [5.74, 6) is 0. The van der Waals surface area contributed by atoms with Gasteiger partial charge in [-0.3, -0.25) is 0 Å². The van der Waals surface area contributed by atoms with Gasteiger partial charge in [-0.05, 0) is 28.8 Å². The normalized spacial score (nSPS) is 11.7. The van der Waals surface area contributed by atoms with Gasteiger partial charge in [-0.15, -0.1) is 0 Å². The van der Waals surface area contributed by atoms with Crippen molar-refractivity contribution >= 4 is 22.6 Å². The molecule has 1 aromatic heterocycles. The first-order valence-corrected chi connectivity index (χ1v) is 7.80. The Morgan fingerprint density at radius 2 is 1.35 bits per heavy atom. The second kappa shape index (κ2) is 5.98. The van der Waals surface area contributed by atoms with Crippen LogP contribution in [0, 0.1) is 0 Å². The Bertz CT molecular complexity index is 947. The largest absolute Gasteiger partial charge is 0.361 e. The van der Waals surface area contributed by atoms with Crippen molar-refractivity contribution < 1.29 is 0 Å². The summed E-state index contributed by atoms with van der Waals surface area (Å²) in [4.78, 5) is 3.38. The lowest BCUT2D eigenvalue weighted by Gasteiger charge is -2.08. The first-order chi connectivity index (χ1) is 11.4. The second-order valence-corrected chi connectivity index (χ2v) is 5.58. The first-order valence-electron chi connectivity index (χ1n) is 7.80. The molecule has 0 aliphatic rings. The molecule has 3 aromatic carbocycles. The zero-order valence-corrected chi connectivity index (χ0v) is 12.7. The minimum absolute atomic E-state index is 1.16. The van der Waals surface area contributed by atoms with Crippen LogP contribution in [0.15, 0.2) is 91.1 Å². The highest BCUT2D eigenvalue weighted by Crippen LogP contribution is 2.31. The van der Waals surface area contributed by atoms with E-state index in [0.717, 1.165) is 5.52 Å². The lowest BCUT2D eigenvalue weighted by Crippen LogP contribution is -1.87. The fraction of sp³-hybridized carbons (Fsp3) is 0. The van der Waals surface area contributed by atoms with Gasteiger partial charge in [0.15, 0.2) is 0 Å². The number of nitrogens with one attached hydrogen (secondary N) is 1. The van der Waals surface area contributed by atoms with E-state index in [1.54, 1.807) is 0 Å². The maximum atomic E-state index is 3.38. The molecule has 4 aromatic rings. The summed E-state index contributed by atoms with van der Waals surface area (Å²) < 4.78 is 0. The van der Waals surface area contributed by atoms with Gasteiger partial charge in [0.05, 0.1) is 0 Å². The number of benzene rings is 3. The lowest BCUT2D eigenvalue weighted by molar-refractivity contribution is 1.46. The molecule has 0 unspecified atom stereocenters. The lowest BCUT2D eigenvalue weighted by atomic mass is 9.95. The highest BCUT2D eigenvalue weighted by atomic mass is 14.7. The van der Waals surface area contributed by atoms with E-state index in [1.807, 2.05) is 6.07 Å². The molecule has 1 heterocycles. The van der Waals surface area contributed by atoms with Crippen molar-refractivity contribution in [1.82, 2.24) is 4.98 Å². The molecule has 0 bridgehead atoms. The SMILES string of the molecule is C(=C(\c1ccccc1)c1c[nH]c2ccccc12)/c1ccccc1. The molecule has 110 valence electrons. The van der Waals surface area contributed by atoms with Gasteiger partial charge in [0, 0.05) is 22.7 Å². The summed E-state index contributed by atoms with van der Waals surface area (Å²) in [6.45, 7) is 0. The van der Waals surface area contributed by atoms with Crippen LogP contribution in [0.5, 0.6) is 0 Å². The van der Waals surface area contributed by atoms with Gasteiger partial charge in [-0.1, -0.05) is 78.9 Å². The summed E-state index contributed by atoms with van der Waals surface area (Å²) in [6, 6.07) is 29.5. The third kappa shape index (κ3) is 2.69. The van der Waals surface area contributed by atoms with E-state index >= 15 is 0 Å². The number of aromatic amines is 1. The smallest absolute Gasteiger partial charge is 0.0460 e. The number of rotatable bonds is 3. The summed E-state index contributed by atoms with van der Waals surface area (Å²) in [7, 11) is 0. The Hall–Kier alpha value is -3.06. The second-order valence-electron chi connectivity index (χ2n) is 5.58. The molecule has 4 rings (SSSR count). The molecule has 0 aliphatic heterocycles. The molecule has 1 N–H and O–H groups in total. The van der Waals surface area contributed by atoms with Gasteiger partial charge in [-0.25, -0.2) is 0 Å². The average Bonchev–Trinajstić information content (AvgIpc) is 3.05. The molecule has 1 heteroatoms. The fourth-order valence-electron chi connectivity index (χ4n) is 2.94. The van der Waals surface area contributed by atoms with Crippen LogP contribution in [-0.4, -0.2) is 4.98 Å². The molecule has 0 saturated carbocycles. The van der Waals surface area contributed by atoms with E-state index in [0.29, 0.717) is 0 Å². The van der Waals surface area contributed by atoms with Gasteiger partial charge in [-0.2, -0.15) is 0 Å². The maximum Gasteiger partial charge on any atom is 0.0460 e. The quantitative estimate of drug-likeness (QED) is 0.463. The molecule has 0 atom stereocenters. The zero-order valence-electron chi connectivity index (χ0n) is 12.7. The Labute approximate surface area is 135 Å². The zero-order chi connectivity index (χ0) is 15.5. The first kappa shape index (κ1) is 13.6. The molecule has 1 nitrogen and oxygen atoms in total. The Balaban J connectivity index is 1.94. The van der Waals surface area contributed by atoms with Gasteiger partial charge >= 0.3 is 0 Å². The van der Waals surface area contributed by atoms with Crippen molar-refractivity contribution in [2.45, 2.75) is 0 Å². The predicted octanol–water partition coefficient (Wildman–Crippen LogP) is 5.76. The van der Waals surface area contributed by atoms with E-state index in [1.165, 1.54) is 27.6 Å². The molecule has 0 amide bonds. The van der Waals surface area contributed by atoms with E-state index in [-0.39, 0.29) is 0 Å². The molecular weight excluding hydrogens is 278 g/mol. The van der Waals surface area contributed by atoms with Gasteiger partial charge in [0.2, 0.25) is 0 Å². The van der Waals surface area contributed by atoms with Crippen LogP contribution >= 0.6 is 0 Å². The predicted molar refractivity (Wildman–Crippen MR) is 98.2 cm³/mol. The third-order valence-corrected chi connectivity index (χ3v) is 4.07.